The van der Waals surface area contributed by atoms with Crippen LogP contribution in [0.1, 0.15) is 72.9 Å². The van der Waals surface area contributed by atoms with Crippen LogP contribution >= 0.6 is 0 Å². The van der Waals surface area contributed by atoms with Crippen LogP contribution in [0.4, 0.5) is 0 Å². The van der Waals surface area contributed by atoms with E-state index in [4.69, 9.17) is 15.3 Å². The zero-order valence-corrected chi connectivity index (χ0v) is 25.2. The molecule has 0 saturated carbocycles. The molecule has 38 heavy (non-hydrogen) atoms. The second-order valence-corrected chi connectivity index (χ2v) is 7.55. The molecule has 2 rings (SSSR count). The number of hydrogen-bond acceptors (Lipinski definition) is 4. The van der Waals surface area contributed by atoms with Crippen molar-refractivity contribution in [2.24, 2.45) is 0 Å². The number of allylic oxidation sites excluding steroid dienone is 7. The van der Waals surface area contributed by atoms with Gasteiger partial charge < -0.3 is 15.3 Å². The Balaban J connectivity index is -0.000000194. The van der Waals surface area contributed by atoms with Gasteiger partial charge in [0.1, 0.15) is 0 Å². The quantitative estimate of drug-likeness (QED) is 0.157. The summed E-state index contributed by atoms with van der Waals surface area (Å²) in [5.74, 6) is -0.990. The van der Waals surface area contributed by atoms with E-state index in [2.05, 4.69) is 70.0 Å². The lowest BCUT2D eigenvalue weighted by molar-refractivity contribution is -0.113. The molecule has 0 aliphatic rings. The number of benzene rings is 2. The van der Waals surface area contributed by atoms with Gasteiger partial charge in [-0.1, -0.05) is 107 Å². The smallest absolute Gasteiger partial charge is 0.200 e. The number of ketones is 1. The van der Waals surface area contributed by atoms with Crippen molar-refractivity contribution in [1.29, 1.82) is 0 Å². The van der Waals surface area contributed by atoms with Crippen LogP contribution in [-0.4, -0.2) is 21.1 Å². The van der Waals surface area contributed by atoms with Crippen molar-refractivity contribution >= 4 is 5.78 Å². The molecule has 0 heterocycles. The monoisotopic (exact) mass is 524 g/mol. The Hall–Kier alpha value is -3.79. The van der Waals surface area contributed by atoms with Gasteiger partial charge in [-0.25, -0.2) is 0 Å². The minimum atomic E-state index is -0.467. The van der Waals surface area contributed by atoms with Gasteiger partial charge in [-0.15, -0.1) is 6.58 Å². The Bertz CT molecular complexity index is 917. The van der Waals surface area contributed by atoms with E-state index in [1.54, 1.807) is 26.0 Å². The Kier molecular flexibility index (Phi) is 32.0. The van der Waals surface area contributed by atoms with Crippen LogP contribution in [-0.2, 0) is 11.2 Å². The summed E-state index contributed by atoms with van der Waals surface area (Å²) in [4.78, 5) is 10.0. The van der Waals surface area contributed by atoms with Crippen molar-refractivity contribution in [2.45, 2.75) is 75.2 Å². The van der Waals surface area contributed by atoms with Crippen molar-refractivity contribution in [3.8, 4) is 17.2 Å². The Labute approximate surface area is 233 Å². The fraction of sp³-hybridized carbons (Fsp3) is 0.324. The van der Waals surface area contributed by atoms with Gasteiger partial charge in [0.15, 0.2) is 23.0 Å². The number of hydrogen-bond donors (Lipinski definition) is 3. The second kappa shape index (κ2) is 29.4. The van der Waals surface area contributed by atoms with Gasteiger partial charge in [-0.05, 0) is 76.3 Å². The molecule has 0 aliphatic heterocycles. The summed E-state index contributed by atoms with van der Waals surface area (Å²) >= 11 is 0. The second-order valence-electron chi connectivity index (χ2n) is 7.55. The van der Waals surface area contributed by atoms with Gasteiger partial charge in [-0.3, -0.25) is 4.79 Å². The fourth-order valence-electron chi connectivity index (χ4n) is 2.06. The van der Waals surface area contributed by atoms with Crippen LogP contribution in [0.3, 0.4) is 0 Å². The van der Waals surface area contributed by atoms with E-state index in [1.807, 2.05) is 39.8 Å². The van der Waals surface area contributed by atoms with E-state index in [0.717, 1.165) is 12.8 Å². The third kappa shape index (κ3) is 26.8. The first-order chi connectivity index (χ1) is 17.9. The predicted molar refractivity (Wildman–Crippen MR) is 168 cm³/mol. The van der Waals surface area contributed by atoms with E-state index >= 15 is 0 Å². The Morgan fingerprint density at radius 3 is 1.61 bits per heavy atom. The highest BCUT2D eigenvalue weighted by molar-refractivity contribution is 5.91. The molecule has 3 N–H and O–H groups in total. The van der Waals surface area contributed by atoms with E-state index in [-0.39, 0.29) is 17.3 Å². The molecule has 212 valence electrons. The summed E-state index contributed by atoms with van der Waals surface area (Å²) in [5, 5.41) is 26.6. The first kappa shape index (κ1) is 41.3. The van der Waals surface area contributed by atoms with Crippen molar-refractivity contribution in [1.82, 2.24) is 0 Å². The number of Topliss-reactive ketones (excluding diaryl/α,β-unsaturated/α-hetero) is 1. The van der Waals surface area contributed by atoms with E-state index in [0.29, 0.717) is 11.1 Å². The number of aryl methyl sites for hydroxylation is 2. The van der Waals surface area contributed by atoms with Crippen LogP contribution in [0.15, 0.2) is 104 Å². The highest BCUT2D eigenvalue weighted by Gasteiger charge is 2.04. The molecule has 0 unspecified atom stereocenters. The molecular formula is C34H52O4. The normalized spacial score (nSPS) is 9.13. The summed E-state index contributed by atoms with van der Waals surface area (Å²) in [6, 6.07) is 13.2. The summed E-state index contributed by atoms with van der Waals surface area (Å²) in [6.07, 6.45) is 11.9. The maximum Gasteiger partial charge on any atom is 0.200 e. The van der Waals surface area contributed by atoms with Crippen molar-refractivity contribution < 1.29 is 20.1 Å². The largest absolute Gasteiger partial charge is 0.504 e. The topological polar surface area (TPSA) is 77.8 Å². The molecule has 0 radical (unpaired) electrons. The zero-order chi connectivity index (χ0) is 30.5. The Morgan fingerprint density at radius 2 is 1.34 bits per heavy atom. The molecule has 0 aromatic heterocycles. The standard InChI is InChI=1S/C9H14.C8H10.C7H8O3.C5H8O.C3H6.C2H6/c1-4-7-8-9(5-2)6-3;1-2-8-6-4-3-5-7-8;1-4-2-5(8)7(10)6(9)3-4;1-4(2)5(3)6;1-3-2;1-2/h4-5,7-8H,1,6H2,2-3H3;3-7H,2H2,1H3;2-3,8-10H,1H3;1H2,2-3H3;3H,1H2,2H3;1-2H3/b8-7-,9-5-;;;;;. The highest BCUT2D eigenvalue weighted by atomic mass is 16.3. The van der Waals surface area contributed by atoms with E-state index < -0.39 is 5.75 Å². The third-order valence-corrected chi connectivity index (χ3v) is 4.29. The van der Waals surface area contributed by atoms with Gasteiger partial charge in [0, 0.05) is 0 Å². The minimum Gasteiger partial charge on any atom is -0.504 e. The van der Waals surface area contributed by atoms with Crippen molar-refractivity contribution in [3.05, 3.63) is 115 Å². The zero-order valence-electron chi connectivity index (χ0n) is 25.2. The first-order valence-electron chi connectivity index (χ1n) is 12.9. The number of phenols is 3. The maximum absolute atomic E-state index is 10.0. The molecule has 2 aromatic carbocycles. The predicted octanol–water partition coefficient (Wildman–Crippen LogP) is 9.82. The lowest BCUT2D eigenvalue weighted by Crippen LogP contribution is -1.86. The molecule has 0 saturated heterocycles. The maximum atomic E-state index is 10.0. The molecule has 0 amide bonds. The number of carbonyl (C=O) groups is 1. The summed E-state index contributed by atoms with van der Waals surface area (Å²) in [5.41, 5.74) is 4.09. The number of rotatable bonds is 5. The summed E-state index contributed by atoms with van der Waals surface area (Å²) in [7, 11) is 0. The fourth-order valence-corrected chi connectivity index (χ4v) is 2.06. The number of phenolic OH excluding ortho intramolecular Hbond substituents is 3. The third-order valence-electron chi connectivity index (χ3n) is 4.29. The van der Waals surface area contributed by atoms with Gasteiger partial charge in [0.05, 0.1) is 0 Å². The SMILES string of the molecule is C=C(C)C(C)=O.C=C/C=C\C(=C/C)CC.C=CC.CC.CCc1ccccc1.Cc1cc(O)c(O)c(O)c1. The molecule has 0 atom stereocenters. The molecule has 0 spiro atoms. The van der Waals surface area contributed by atoms with Crippen molar-refractivity contribution in [3.63, 3.8) is 0 Å². The average Bonchev–Trinajstić information content (AvgIpc) is 2.91. The molecule has 2 aromatic rings. The van der Waals surface area contributed by atoms with Gasteiger partial charge in [0.25, 0.3) is 0 Å². The molecular weight excluding hydrogens is 472 g/mol. The van der Waals surface area contributed by atoms with Crippen LogP contribution in [0.2, 0.25) is 0 Å². The molecule has 4 nitrogen and oxygen atoms in total. The molecule has 0 bridgehead atoms. The van der Waals surface area contributed by atoms with E-state index in [1.165, 1.54) is 30.2 Å². The van der Waals surface area contributed by atoms with Crippen molar-refractivity contribution in [2.75, 3.05) is 0 Å². The number of carbonyl (C=O) groups excluding carboxylic acids is 1. The minimum absolute atomic E-state index is 0.0648. The van der Waals surface area contributed by atoms with Crippen LogP contribution < -0.4 is 0 Å². The summed E-state index contributed by atoms with van der Waals surface area (Å²) in [6.45, 7) is 27.5. The lowest BCUT2D eigenvalue weighted by atomic mass is 10.2. The number of aromatic hydroxyl groups is 3. The molecule has 0 aliphatic carbocycles. The summed E-state index contributed by atoms with van der Waals surface area (Å²) < 4.78 is 0. The van der Waals surface area contributed by atoms with Crippen LogP contribution in [0.25, 0.3) is 0 Å². The van der Waals surface area contributed by atoms with Gasteiger partial charge in [-0.2, -0.15) is 0 Å². The average molecular weight is 525 g/mol. The first-order valence-corrected chi connectivity index (χ1v) is 12.9. The van der Waals surface area contributed by atoms with Gasteiger partial charge in [0.2, 0.25) is 0 Å². The highest BCUT2D eigenvalue weighted by Crippen LogP contribution is 2.34. The Morgan fingerprint density at radius 1 is 0.921 bits per heavy atom. The molecule has 4 heteroatoms. The molecule has 0 fully saturated rings. The van der Waals surface area contributed by atoms with Gasteiger partial charge >= 0.3 is 0 Å². The van der Waals surface area contributed by atoms with E-state index in [9.17, 15) is 4.79 Å². The van der Waals surface area contributed by atoms with Crippen LogP contribution in [0, 0.1) is 6.92 Å². The van der Waals surface area contributed by atoms with Crippen LogP contribution in [0.5, 0.6) is 17.2 Å². The lowest BCUT2D eigenvalue weighted by Gasteiger charge is -2.00.